The predicted molar refractivity (Wildman–Crippen MR) is 33.1 cm³/mol. The standard InChI is InChI=1S/C2HN7S/c10-9-2-1(4-8-9)3-6-7-5-2/h10H. The molecule has 0 aromatic carbocycles. The lowest BCUT2D eigenvalue weighted by Gasteiger charge is -1.81. The number of rotatable bonds is 0. The predicted octanol–water partition coefficient (Wildman–Crippen LogP) is -1.30. The van der Waals surface area contributed by atoms with Gasteiger partial charge in [-0.25, -0.2) is 0 Å². The topological polar surface area (TPSA) is 82.3 Å². The summed E-state index contributed by atoms with van der Waals surface area (Å²) in [5.41, 5.74) is 0.739. The molecular weight excluding hydrogens is 154 g/mol. The van der Waals surface area contributed by atoms with E-state index in [4.69, 9.17) is 0 Å². The van der Waals surface area contributed by atoms with Crippen molar-refractivity contribution in [3.05, 3.63) is 0 Å². The minimum atomic E-state index is 0.338. The van der Waals surface area contributed by atoms with Crippen molar-refractivity contribution in [1.29, 1.82) is 0 Å². The number of hydrogen-bond donors (Lipinski definition) is 1. The van der Waals surface area contributed by atoms with Crippen molar-refractivity contribution in [2.75, 3.05) is 0 Å². The maximum absolute atomic E-state index is 3.87. The van der Waals surface area contributed by atoms with Crippen LogP contribution in [0.2, 0.25) is 0 Å². The quantitative estimate of drug-likeness (QED) is 0.476. The van der Waals surface area contributed by atoms with Crippen LogP contribution < -0.4 is 0 Å². The molecule has 0 atom stereocenters. The van der Waals surface area contributed by atoms with Crippen molar-refractivity contribution in [2.24, 2.45) is 0 Å². The van der Waals surface area contributed by atoms with E-state index in [1.807, 2.05) is 0 Å². The highest BCUT2D eigenvalue weighted by molar-refractivity contribution is 7.78. The van der Waals surface area contributed by atoms with Gasteiger partial charge in [-0.2, -0.15) is 4.09 Å². The Morgan fingerprint density at radius 1 is 1.10 bits per heavy atom. The molecule has 0 aliphatic carbocycles. The summed E-state index contributed by atoms with van der Waals surface area (Å²) in [7, 11) is 0. The van der Waals surface area contributed by atoms with Crippen LogP contribution in [0.15, 0.2) is 0 Å². The van der Waals surface area contributed by atoms with Crippen LogP contribution in [0, 0.1) is 0 Å². The summed E-state index contributed by atoms with van der Waals surface area (Å²) < 4.78 is 1.18. The fraction of sp³-hybridized carbons (Fsp3) is 0. The smallest absolute Gasteiger partial charge is 0.166 e. The van der Waals surface area contributed by atoms with Crippen LogP contribution in [0.3, 0.4) is 0 Å². The van der Waals surface area contributed by atoms with Crippen LogP contribution in [-0.2, 0) is 0 Å². The van der Waals surface area contributed by atoms with Gasteiger partial charge in [0.1, 0.15) is 0 Å². The van der Waals surface area contributed by atoms with E-state index >= 15 is 0 Å². The molecule has 0 saturated carbocycles. The Hall–Kier alpha value is -1.31. The van der Waals surface area contributed by atoms with Gasteiger partial charge in [0.05, 0.1) is 0 Å². The van der Waals surface area contributed by atoms with Crippen LogP contribution in [0.25, 0.3) is 11.3 Å². The molecule has 2 rings (SSSR count). The van der Waals surface area contributed by atoms with Crippen molar-refractivity contribution in [1.82, 2.24) is 35.0 Å². The van der Waals surface area contributed by atoms with Gasteiger partial charge in [0.2, 0.25) is 11.3 Å². The minimum absolute atomic E-state index is 0.338. The second kappa shape index (κ2) is 1.84. The Labute approximate surface area is 60.0 Å². The summed E-state index contributed by atoms with van der Waals surface area (Å²) in [5.74, 6) is 0. The molecule has 10 heavy (non-hydrogen) atoms. The van der Waals surface area contributed by atoms with E-state index in [0.717, 1.165) is 0 Å². The normalized spacial score (nSPS) is 10.5. The lowest BCUT2D eigenvalue weighted by Crippen LogP contribution is -1.92. The van der Waals surface area contributed by atoms with E-state index in [2.05, 4.69) is 43.8 Å². The zero-order valence-corrected chi connectivity index (χ0v) is 5.47. The first-order chi connectivity index (χ1) is 4.88. The van der Waals surface area contributed by atoms with Crippen LogP contribution >= 0.6 is 12.8 Å². The molecule has 0 amide bonds. The SMILES string of the molecule is Sn1nnc2nnnnc21. The molecule has 0 bridgehead atoms. The molecular formula is C2HN7S. The summed E-state index contributed by atoms with van der Waals surface area (Å²) in [6.45, 7) is 0. The minimum Gasteiger partial charge on any atom is -0.166 e. The zero-order valence-electron chi connectivity index (χ0n) is 4.58. The number of thiol groups is 1. The number of aromatic nitrogens is 7. The highest BCUT2D eigenvalue weighted by Crippen LogP contribution is 1.99. The van der Waals surface area contributed by atoms with Gasteiger partial charge in [-0.3, -0.25) is 0 Å². The van der Waals surface area contributed by atoms with E-state index in [1.165, 1.54) is 4.09 Å². The summed E-state index contributed by atoms with van der Waals surface area (Å²) in [4.78, 5) is 0. The Morgan fingerprint density at radius 3 is 2.70 bits per heavy atom. The molecule has 0 saturated heterocycles. The van der Waals surface area contributed by atoms with E-state index in [1.54, 1.807) is 0 Å². The Kier molecular flexibility index (Phi) is 1.01. The van der Waals surface area contributed by atoms with Gasteiger partial charge in [-0.05, 0) is 23.2 Å². The monoisotopic (exact) mass is 155 g/mol. The highest BCUT2D eigenvalue weighted by atomic mass is 32.1. The van der Waals surface area contributed by atoms with Gasteiger partial charge in [0, 0.05) is 0 Å². The fourth-order valence-corrected chi connectivity index (χ4v) is 0.705. The largest absolute Gasteiger partial charge is 0.246 e. The molecule has 2 aromatic rings. The van der Waals surface area contributed by atoms with E-state index in [0.29, 0.717) is 11.3 Å². The van der Waals surface area contributed by atoms with Gasteiger partial charge in [-0.1, -0.05) is 5.21 Å². The molecule has 2 aromatic heterocycles. The maximum Gasteiger partial charge on any atom is 0.246 e. The number of nitrogens with zero attached hydrogens (tertiary/aromatic N) is 7. The van der Waals surface area contributed by atoms with Gasteiger partial charge in [0.25, 0.3) is 0 Å². The Morgan fingerprint density at radius 2 is 1.90 bits per heavy atom. The zero-order chi connectivity index (χ0) is 6.97. The molecule has 0 radical (unpaired) electrons. The fourth-order valence-electron chi connectivity index (χ4n) is 0.535. The van der Waals surface area contributed by atoms with Crippen LogP contribution in [0.5, 0.6) is 0 Å². The molecule has 0 aliphatic rings. The van der Waals surface area contributed by atoms with E-state index in [-0.39, 0.29) is 0 Å². The maximum atomic E-state index is 3.87. The second-order valence-electron chi connectivity index (χ2n) is 1.50. The van der Waals surface area contributed by atoms with Gasteiger partial charge < -0.3 is 0 Å². The molecule has 7 nitrogen and oxygen atoms in total. The molecule has 0 unspecified atom stereocenters. The second-order valence-corrected chi connectivity index (χ2v) is 1.88. The van der Waals surface area contributed by atoms with Crippen molar-refractivity contribution >= 4 is 24.1 Å². The van der Waals surface area contributed by atoms with Crippen LogP contribution in [-0.4, -0.2) is 35.0 Å². The summed E-state index contributed by atoms with van der Waals surface area (Å²) >= 11 is 3.87. The van der Waals surface area contributed by atoms with Crippen LogP contribution in [0.4, 0.5) is 0 Å². The third kappa shape index (κ3) is 0.620. The molecule has 0 fully saturated rings. The first-order valence-electron chi connectivity index (χ1n) is 2.34. The number of fused-ring (bicyclic) bond motifs is 1. The van der Waals surface area contributed by atoms with Gasteiger partial charge >= 0.3 is 0 Å². The van der Waals surface area contributed by atoms with Gasteiger partial charge in [-0.15, -0.1) is 15.3 Å². The molecule has 50 valence electrons. The van der Waals surface area contributed by atoms with Crippen molar-refractivity contribution < 1.29 is 0 Å². The van der Waals surface area contributed by atoms with Crippen molar-refractivity contribution in [3.8, 4) is 0 Å². The van der Waals surface area contributed by atoms with Crippen molar-refractivity contribution in [2.45, 2.75) is 0 Å². The lowest BCUT2D eigenvalue weighted by molar-refractivity contribution is 0.789. The van der Waals surface area contributed by atoms with E-state index < -0.39 is 0 Å². The first kappa shape index (κ1) is 5.47. The molecule has 0 aliphatic heterocycles. The average Bonchev–Trinajstić information content (AvgIpc) is 2.34. The highest BCUT2D eigenvalue weighted by Gasteiger charge is 2.02. The van der Waals surface area contributed by atoms with Crippen LogP contribution in [0.1, 0.15) is 0 Å². The molecule has 0 N–H and O–H groups in total. The third-order valence-electron chi connectivity index (χ3n) is 0.932. The average molecular weight is 155 g/mol. The molecule has 2 heterocycles. The van der Waals surface area contributed by atoms with E-state index in [9.17, 15) is 0 Å². The Bertz CT molecular complexity index is 353. The summed E-state index contributed by atoms with van der Waals surface area (Å²) in [6.07, 6.45) is 0. The molecule has 8 heteroatoms. The summed E-state index contributed by atoms with van der Waals surface area (Å²) in [6, 6.07) is 0. The lowest BCUT2D eigenvalue weighted by atomic mass is 10.8. The first-order valence-corrected chi connectivity index (χ1v) is 2.74. The molecule has 0 spiro atoms. The third-order valence-corrected chi connectivity index (χ3v) is 1.20. The number of hydrogen-bond acceptors (Lipinski definition) is 7. The van der Waals surface area contributed by atoms with Crippen molar-refractivity contribution in [3.63, 3.8) is 0 Å². The van der Waals surface area contributed by atoms with Gasteiger partial charge in [0.15, 0.2) is 0 Å². The summed E-state index contributed by atoms with van der Waals surface area (Å²) in [5, 5.41) is 20.8. The Balaban J connectivity index is 2.93.